The number of aliphatic carboxylic acids is 1. The summed E-state index contributed by atoms with van der Waals surface area (Å²) in [5, 5.41) is 18.6. The largest absolute Gasteiger partial charge is 0.495 e. The van der Waals surface area contributed by atoms with Crippen LogP contribution in [0.3, 0.4) is 0 Å². The van der Waals surface area contributed by atoms with Gasteiger partial charge in [0.1, 0.15) is 11.4 Å². The van der Waals surface area contributed by atoms with Crippen molar-refractivity contribution >= 4 is 23.5 Å². The number of rotatable bonds is 6. The maximum atomic E-state index is 12.2. The van der Waals surface area contributed by atoms with Gasteiger partial charge in [-0.2, -0.15) is 5.10 Å². The van der Waals surface area contributed by atoms with Crippen LogP contribution in [0.1, 0.15) is 34.7 Å². The van der Waals surface area contributed by atoms with E-state index in [1.807, 2.05) is 6.92 Å². The Morgan fingerprint density at radius 2 is 2.17 bits per heavy atom. The molecule has 0 aliphatic rings. The molecule has 3 N–H and O–H groups in total. The Morgan fingerprint density at radius 1 is 1.43 bits per heavy atom. The summed E-state index contributed by atoms with van der Waals surface area (Å²) in [6.07, 6.45) is 0.691. The lowest BCUT2D eigenvalue weighted by molar-refractivity contribution is -0.139. The fourth-order valence-corrected chi connectivity index (χ4v) is 2.28. The van der Waals surface area contributed by atoms with E-state index in [2.05, 4.69) is 15.5 Å². The van der Waals surface area contributed by atoms with Crippen molar-refractivity contribution < 1.29 is 19.4 Å². The molecule has 1 aromatic heterocycles. The number of nitrogens with zero attached hydrogens (tertiary/aromatic N) is 1. The summed E-state index contributed by atoms with van der Waals surface area (Å²) in [5.74, 6) is -1.36. The van der Waals surface area contributed by atoms with Gasteiger partial charge in [0, 0.05) is 5.69 Å². The molecular weight excluding hydrogens is 322 g/mol. The zero-order chi connectivity index (χ0) is 17.0. The van der Waals surface area contributed by atoms with Crippen molar-refractivity contribution in [1.82, 2.24) is 15.5 Å². The van der Waals surface area contributed by atoms with Crippen LogP contribution in [0.15, 0.2) is 24.3 Å². The number of aryl methyl sites for hydroxylation is 1. The number of benzene rings is 1. The van der Waals surface area contributed by atoms with Gasteiger partial charge in [0.05, 0.1) is 12.1 Å². The van der Waals surface area contributed by atoms with Crippen LogP contribution in [0.5, 0.6) is 5.75 Å². The van der Waals surface area contributed by atoms with Gasteiger partial charge in [-0.1, -0.05) is 24.6 Å². The van der Waals surface area contributed by atoms with Crippen molar-refractivity contribution in [2.75, 3.05) is 7.11 Å². The molecule has 7 nitrogen and oxygen atoms in total. The van der Waals surface area contributed by atoms with Gasteiger partial charge in [0.2, 0.25) is 0 Å². The molecule has 0 radical (unpaired) electrons. The number of hydrogen-bond donors (Lipinski definition) is 3. The van der Waals surface area contributed by atoms with Crippen LogP contribution in [-0.2, 0) is 11.2 Å². The fraction of sp³-hybridized carbons (Fsp3) is 0.267. The monoisotopic (exact) mass is 337 g/mol. The van der Waals surface area contributed by atoms with Gasteiger partial charge < -0.3 is 15.2 Å². The van der Waals surface area contributed by atoms with Crippen LogP contribution in [0.25, 0.3) is 0 Å². The van der Waals surface area contributed by atoms with Gasteiger partial charge in [-0.25, -0.2) is 4.79 Å². The summed E-state index contributed by atoms with van der Waals surface area (Å²) in [5.41, 5.74) is 1.25. The highest BCUT2D eigenvalue weighted by atomic mass is 35.5. The molecule has 1 heterocycles. The number of carboxylic acids is 1. The maximum Gasteiger partial charge on any atom is 0.330 e. The van der Waals surface area contributed by atoms with Gasteiger partial charge in [0.15, 0.2) is 6.04 Å². The number of H-pyrrole nitrogens is 1. The molecule has 23 heavy (non-hydrogen) atoms. The van der Waals surface area contributed by atoms with Crippen molar-refractivity contribution in [3.8, 4) is 5.75 Å². The number of carboxylic acid groups (broad SMARTS) is 1. The second-order valence-corrected chi connectivity index (χ2v) is 5.18. The average molecular weight is 338 g/mol. The van der Waals surface area contributed by atoms with E-state index in [9.17, 15) is 14.7 Å². The van der Waals surface area contributed by atoms with Crippen LogP contribution in [-0.4, -0.2) is 34.3 Å². The van der Waals surface area contributed by atoms with E-state index < -0.39 is 17.9 Å². The highest BCUT2D eigenvalue weighted by Gasteiger charge is 2.24. The molecule has 0 saturated carbocycles. The van der Waals surface area contributed by atoms with E-state index in [-0.39, 0.29) is 10.7 Å². The molecule has 0 unspecified atom stereocenters. The molecule has 0 fully saturated rings. The Labute approximate surface area is 137 Å². The third-order valence-corrected chi connectivity index (χ3v) is 3.57. The molecule has 0 spiro atoms. The summed E-state index contributed by atoms with van der Waals surface area (Å²) in [6, 6.07) is 4.86. The number of hydrogen-bond acceptors (Lipinski definition) is 4. The standard InChI is InChI=1S/C15H16ClN3O4/c1-3-9-7-11(19-18-9)14(20)17-13(15(21)22)8-4-5-12(23-2)10(16)6-8/h4-7,13H,3H2,1-2H3,(H,17,20)(H,18,19)(H,21,22)/t13-/m1/s1. The van der Waals surface area contributed by atoms with E-state index in [0.717, 1.165) is 5.69 Å². The number of aromatic amines is 1. The molecule has 0 aliphatic carbocycles. The number of carbonyl (C=O) groups is 2. The minimum absolute atomic E-state index is 0.132. The minimum Gasteiger partial charge on any atom is -0.495 e. The fourth-order valence-electron chi connectivity index (χ4n) is 2.01. The normalized spacial score (nSPS) is 11.8. The van der Waals surface area contributed by atoms with Crippen molar-refractivity contribution in [2.45, 2.75) is 19.4 Å². The van der Waals surface area contributed by atoms with Crippen LogP contribution in [0.2, 0.25) is 5.02 Å². The molecule has 122 valence electrons. The van der Waals surface area contributed by atoms with Crippen molar-refractivity contribution in [1.29, 1.82) is 0 Å². The van der Waals surface area contributed by atoms with E-state index in [1.54, 1.807) is 12.1 Å². The number of aromatic nitrogens is 2. The number of amides is 1. The topological polar surface area (TPSA) is 104 Å². The highest BCUT2D eigenvalue weighted by molar-refractivity contribution is 6.32. The maximum absolute atomic E-state index is 12.2. The first-order chi connectivity index (χ1) is 11.0. The van der Waals surface area contributed by atoms with Crippen molar-refractivity contribution in [2.24, 2.45) is 0 Å². The number of methoxy groups -OCH3 is 1. The first-order valence-electron chi connectivity index (χ1n) is 6.87. The quantitative estimate of drug-likeness (QED) is 0.749. The molecule has 1 amide bonds. The van der Waals surface area contributed by atoms with E-state index in [1.165, 1.54) is 19.2 Å². The van der Waals surface area contributed by atoms with Gasteiger partial charge >= 0.3 is 5.97 Å². The highest BCUT2D eigenvalue weighted by Crippen LogP contribution is 2.27. The molecule has 0 saturated heterocycles. The average Bonchev–Trinajstić information content (AvgIpc) is 3.01. The van der Waals surface area contributed by atoms with Gasteiger partial charge in [-0.15, -0.1) is 0 Å². The van der Waals surface area contributed by atoms with Crippen LogP contribution in [0.4, 0.5) is 0 Å². The lowest BCUT2D eigenvalue weighted by Crippen LogP contribution is -2.34. The molecular formula is C15H16ClN3O4. The number of nitrogens with one attached hydrogen (secondary N) is 2. The summed E-state index contributed by atoms with van der Waals surface area (Å²) in [6.45, 7) is 1.91. The zero-order valence-corrected chi connectivity index (χ0v) is 13.3. The minimum atomic E-state index is -1.24. The molecule has 0 bridgehead atoms. The van der Waals surface area contributed by atoms with Crippen molar-refractivity contribution in [3.63, 3.8) is 0 Å². The molecule has 2 rings (SSSR count). The second-order valence-electron chi connectivity index (χ2n) is 4.77. The number of ether oxygens (including phenoxy) is 1. The van der Waals surface area contributed by atoms with E-state index in [0.29, 0.717) is 17.7 Å². The van der Waals surface area contributed by atoms with Crippen molar-refractivity contribution in [3.05, 3.63) is 46.2 Å². The SMILES string of the molecule is CCc1cc(C(=O)N[C@@H](C(=O)O)c2ccc(OC)c(Cl)c2)n[nH]1. The van der Waals surface area contributed by atoms with E-state index >= 15 is 0 Å². The Hall–Kier alpha value is -2.54. The van der Waals surface area contributed by atoms with Gasteiger partial charge in [0.25, 0.3) is 5.91 Å². The summed E-state index contributed by atoms with van der Waals surface area (Å²) in [4.78, 5) is 23.6. The molecule has 1 aromatic carbocycles. The van der Waals surface area contributed by atoms with Crippen LogP contribution in [0, 0.1) is 0 Å². The Kier molecular flexibility index (Phi) is 5.23. The molecule has 8 heteroatoms. The Bertz CT molecular complexity index is 729. The van der Waals surface area contributed by atoms with Crippen LogP contribution >= 0.6 is 11.6 Å². The number of carbonyl (C=O) groups excluding carboxylic acids is 1. The smallest absolute Gasteiger partial charge is 0.330 e. The zero-order valence-electron chi connectivity index (χ0n) is 12.6. The third kappa shape index (κ3) is 3.81. The summed E-state index contributed by atoms with van der Waals surface area (Å²) in [7, 11) is 1.46. The lowest BCUT2D eigenvalue weighted by atomic mass is 10.1. The second kappa shape index (κ2) is 7.15. The van der Waals surface area contributed by atoms with Gasteiger partial charge in [-0.3, -0.25) is 9.89 Å². The lowest BCUT2D eigenvalue weighted by Gasteiger charge is -2.15. The molecule has 2 aromatic rings. The summed E-state index contributed by atoms with van der Waals surface area (Å²) >= 11 is 6.01. The first kappa shape index (κ1) is 16.8. The molecule has 1 atom stereocenters. The Morgan fingerprint density at radius 3 is 2.70 bits per heavy atom. The number of halogens is 1. The van der Waals surface area contributed by atoms with Crippen LogP contribution < -0.4 is 10.1 Å². The first-order valence-corrected chi connectivity index (χ1v) is 7.25. The predicted molar refractivity (Wildman–Crippen MR) is 83.8 cm³/mol. The Balaban J connectivity index is 2.23. The predicted octanol–water partition coefficient (Wildman–Crippen LogP) is 2.19. The van der Waals surface area contributed by atoms with Gasteiger partial charge in [-0.05, 0) is 30.2 Å². The third-order valence-electron chi connectivity index (χ3n) is 3.28. The summed E-state index contributed by atoms with van der Waals surface area (Å²) < 4.78 is 5.02. The molecule has 0 aliphatic heterocycles. The van der Waals surface area contributed by atoms with E-state index in [4.69, 9.17) is 16.3 Å².